The highest BCUT2D eigenvalue weighted by molar-refractivity contribution is 8.12. The molecule has 2 heterocycles. The van der Waals surface area contributed by atoms with Gasteiger partial charge in [0.2, 0.25) is 0 Å². The first-order chi connectivity index (χ1) is 13.9. The third kappa shape index (κ3) is 4.11. The number of aromatic nitrogens is 2. The highest BCUT2D eigenvalue weighted by Crippen LogP contribution is 2.47. The van der Waals surface area contributed by atoms with Crippen LogP contribution >= 0.6 is 16.7 Å². The van der Waals surface area contributed by atoms with Crippen LogP contribution in [0.5, 0.6) is 0 Å². The van der Waals surface area contributed by atoms with Gasteiger partial charge in [0.05, 0.1) is 12.7 Å². The molecular formula is C20H27FN2O4P2. The molecule has 1 aliphatic heterocycles. The SMILES string of the molecule is CC[C@H]1O[C@@H](n2ccc(=O)n(P(C)P)c2=O)[C@](CF)(OCc2ccccc2)[C@@H]1C. The Balaban J connectivity index is 2.06. The van der Waals surface area contributed by atoms with Crippen molar-refractivity contribution >= 4 is 16.7 Å². The fourth-order valence-electron chi connectivity index (χ4n) is 3.86. The molecule has 1 aromatic carbocycles. The fraction of sp³-hybridized carbons (Fsp3) is 0.500. The maximum Gasteiger partial charge on any atom is 0.336 e. The van der Waals surface area contributed by atoms with Crippen molar-refractivity contribution in [1.29, 1.82) is 0 Å². The normalized spacial score (nSPS) is 27.8. The third-order valence-electron chi connectivity index (χ3n) is 5.57. The van der Waals surface area contributed by atoms with Crippen molar-refractivity contribution in [1.82, 2.24) is 8.90 Å². The minimum absolute atomic E-state index is 0.198. The molecule has 2 aromatic rings. The molecule has 6 nitrogen and oxygen atoms in total. The molecule has 1 aliphatic rings. The number of ether oxygens (including phenoxy) is 2. The first-order valence-corrected chi connectivity index (χ1v) is 12.9. The van der Waals surface area contributed by atoms with Gasteiger partial charge in [-0.25, -0.2) is 13.5 Å². The lowest BCUT2D eigenvalue weighted by Crippen LogP contribution is -2.50. The second-order valence-electron chi connectivity index (χ2n) is 7.32. The smallest absolute Gasteiger partial charge is 0.336 e. The van der Waals surface area contributed by atoms with Gasteiger partial charge in [0.1, 0.15) is 12.3 Å². The van der Waals surface area contributed by atoms with Gasteiger partial charge in [-0.05, 0) is 18.6 Å². The number of hydrogen-bond acceptors (Lipinski definition) is 4. The van der Waals surface area contributed by atoms with Gasteiger partial charge in [0, 0.05) is 25.9 Å². The van der Waals surface area contributed by atoms with Crippen LogP contribution in [0.3, 0.4) is 0 Å². The Bertz CT molecular complexity index is 949. The van der Waals surface area contributed by atoms with Gasteiger partial charge in [-0.3, -0.25) is 9.36 Å². The monoisotopic (exact) mass is 440 g/mol. The highest BCUT2D eigenvalue weighted by Gasteiger charge is 2.56. The fourth-order valence-corrected chi connectivity index (χ4v) is 5.25. The molecule has 0 radical (unpaired) electrons. The lowest BCUT2D eigenvalue weighted by molar-refractivity contribution is -0.154. The van der Waals surface area contributed by atoms with E-state index in [-0.39, 0.29) is 24.2 Å². The minimum Gasteiger partial charge on any atom is -0.362 e. The molecule has 2 unspecified atom stereocenters. The van der Waals surface area contributed by atoms with Crippen molar-refractivity contribution in [2.24, 2.45) is 5.92 Å². The van der Waals surface area contributed by atoms with Crippen molar-refractivity contribution in [2.45, 2.75) is 44.8 Å². The predicted molar refractivity (Wildman–Crippen MR) is 116 cm³/mol. The first-order valence-electron chi connectivity index (χ1n) is 9.58. The molecule has 6 atom stereocenters. The number of hydrogen-bond donors (Lipinski definition) is 0. The third-order valence-corrected chi connectivity index (χ3v) is 7.26. The molecule has 1 aromatic heterocycles. The lowest BCUT2D eigenvalue weighted by atomic mass is 9.86. The van der Waals surface area contributed by atoms with Crippen LogP contribution in [0, 0.1) is 5.92 Å². The summed E-state index contributed by atoms with van der Waals surface area (Å²) in [6, 6.07) is 10.8. The van der Waals surface area contributed by atoms with Crippen molar-refractivity contribution in [3.8, 4) is 0 Å². The summed E-state index contributed by atoms with van der Waals surface area (Å²) in [5, 5.41) is 0. The van der Waals surface area contributed by atoms with Crippen LogP contribution in [-0.4, -0.2) is 33.9 Å². The Kier molecular flexibility index (Phi) is 7.06. The zero-order valence-electron chi connectivity index (χ0n) is 16.8. The summed E-state index contributed by atoms with van der Waals surface area (Å²) < 4.78 is 29.4. The maximum absolute atomic E-state index is 14.6. The Morgan fingerprint density at radius 2 is 1.97 bits per heavy atom. The molecule has 0 saturated carbocycles. The van der Waals surface area contributed by atoms with E-state index in [2.05, 4.69) is 8.93 Å². The van der Waals surface area contributed by atoms with Crippen LogP contribution in [0.4, 0.5) is 4.39 Å². The first kappa shape index (κ1) is 22.3. The molecule has 1 fully saturated rings. The van der Waals surface area contributed by atoms with E-state index in [0.29, 0.717) is 6.42 Å². The number of benzene rings is 1. The Morgan fingerprint density at radius 1 is 1.28 bits per heavy atom. The highest BCUT2D eigenvalue weighted by atomic mass is 32.0. The summed E-state index contributed by atoms with van der Waals surface area (Å²) in [4.78, 5) is 25.3. The molecule has 29 heavy (non-hydrogen) atoms. The van der Waals surface area contributed by atoms with Gasteiger partial charge in [-0.15, -0.1) is 0 Å². The number of halogens is 1. The molecule has 0 aliphatic carbocycles. The predicted octanol–water partition coefficient (Wildman–Crippen LogP) is 3.54. The Morgan fingerprint density at radius 3 is 2.55 bits per heavy atom. The molecule has 0 N–H and O–H groups in total. The number of alkyl halides is 1. The number of rotatable bonds is 7. The molecule has 158 valence electrons. The van der Waals surface area contributed by atoms with Crippen LogP contribution in [-0.2, 0) is 16.1 Å². The van der Waals surface area contributed by atoms with Crippen molar-refractivity contribution < 1.29 is 13.9 Å². The average Bonchev–Trinajstić information content (AvgIpc) is 2.99. The largest absolute Gasteiger partial charge is 0.362 e. The van der Waals surface area contributed by atoms with E-state index in [1.165, 1.54) is 21.2 Å². The van der Waals surface area contributed by atoms with E-state index in [1.807, 2.05) is 44.2 Å². The van der Waals surface area contributed by atoms with Gasteiger partial charge in [-0.1, -0.05) is 53.1 Å². The van der Waals surface area contributed by atoms with Crippen LogP contribution in [0.2, 0.25) is 0 Å². The van der Waals surface area contributed by atoms with E-state index < -0.39 is 32.0 Å². The van der Waals surface area contributed by atoms with Crippen LogP contribution < -0.4 is 11.2 Å². The topological polar surface area (TPSA) is 62.5 Å². The summed E-state index contributed by atoms with van der Waals surface area (Å²) >= 11 is 0. The van der Waals surface area contributed by atoms with Crippen molar-refractivity contribution in [3.63, 3.8) is 0 Å². The standard InChI is InChI=1S/C20H27FN2O4P2/c1-4-16-14(2)20(13-21,26-12-15-8-6-5-7-9-15)18(27-16)22-11-10-17(24)23(19(22)25)29(3)28/h5-11,14,16,18H,4,12-13,28H2,1-3H3/t14-,16-,18-,20-,29?/m1/s1. The maximum atomic E-state index is 14.6. The quantitative estimate of drug-likeness (QED) is 0.618. The molecule has 0 amide bonds. The summed E-state index contributed by atoms with van der Waals surface area (Å²) in [6.45, 7) is 5.03. The lowest BCUT2D eigenvalue weighted by Gasteiger charge is -2.35. The van der Waals surface area contributed by atoms with Gasteiger partial charge >= 0.3 is 5.69 Å². The summed E-state index contributed by atoms with van der Waals surface area (Å²) in [5.41, 5.74) is -1.33. The van der Waals surface area contributed by atoms with E-state index in [1.54, 1.807) is 6.66 Å². The van der Waals surface area contributed by atoms with Crippen molar-refractivity contribution in [3.05, 3.63) is 69.0 Å². The summed E-state index contributed by atoms with van der Waals surface area (Å²) in [5.74, 6) is -0.280. The molecule has 0 spiro atoms. The number of nitrogens with zero attached hydrogens (tertiary/aromatic N) is 2. The van der Waals surface area contributed by atoms with Gasteiger partial charge in [0.25, 0.3) is 5.56 Å². The molecule has 3 rings (SSSR count). The van der Waals surface area contributed by atoms with E-state index in [4.69, 9.17) is 9.47 Å². The minimum atomic E-state index is -1.33. The second-order valence-corrected chi connectivity index (χ2v) is 11.1. The van der Waals surface area contributed by atoms with Crippen molar-refractivity contribution in [2.75, 3.05) is 13.3 Å². The molecule has 1 saturated heterocycles. The Labute approximate surface area is 172 Å². The molecule has 9 heteroatoms. The van der Waals surface area contributed by atoms with E-state index in [0.717, 1.165) is 5.56 Å². The summed E-state index contributed by atoms with van der Waals surface area (Å²) in [7, 11) is 1.42. The van der Waals surface area contributed by atoms with Gasteiger partial charge < -0.3 is 9.47 Å². The van der Waals surface area contributed by atoms with Crippen LogP contribution in [0.25, 0.3) is 0 Å². The molecule has 0 bridgehead atoms. The van der Waals surface area contributed by atoms with Crippen LogP contribution in [0.15, 0.2) is 52.2 Å². The van der Waals surface area contributed by atoms with Gasteiger partial charge in [-0.2, -0.15) is 0 Å². The second kappa shape index (κ2) is 9.18. The van der Waals surface area contributed by atoms with E-state index in [9.17, 15) is 14.0 Å². The van der Waals surface area contributed by atoms with Gasteiger partial charge in [0.15, 0.2) is 6.23 Å². The van der Waals surface area contributed by atoms with Crippen LogP contribution in [0.1, 0.15) is 32.1 Å². The average molecular weight is 440 g/mol. The molecular weight excluding hydrogens is 413 g/mol. The zero-order valence-corrected chi connectivity index (χ0v) is 18.9. The van der Waals surface area contributed by atoms with E-state index >= 15 is 0 Å². The summed E-state index contributed by atoms with van der Waals surface area (Å²) in [6.07, 6.45) is 0.816. The zero-order chi connectivity index (χ0) is 21.2. The Hall–Kier alpha value is -1.39.